The first-order valence-electron chi connectivity index (χ1n) is 8.25. The van der Waals surface area contributed by atoms with Crippen LogP contribution in [-0.4, -0.2) is 21.6 Å². The largest absolute Gasteiger partial charge is 0.377 e. The molecule has 0 aliphatic carbocycles. The zero-order valence-corrected chi connectivity index (χ0v) is 14.7. The molecule has 0 atom stereocenters. The molecule has 0 heterocycles. The smallest absolute Gasteiger partial charge is 0.240 e. The quantitative estimate of drug-likeness (QED) is 0.627. The van der Waals surface area contributed by atoms with Crippen molar-refractivity contribution >= 4 is 20.8 Å². The van der Waals surface area contributed by atoms with Gasteiger partial charge in [-0.25, -0.2) is 13.1 Å². The van der Waals surface area contributed by atoms with Crippen LogP contribution in [0.15, 0.2) is 77.7 Å². The van der Waals surface area contributed by atoms with Crippen molar-refractivity contribution < 1.29 is 13.2 Å². The second-order valence-electron chi connectivity index (χ2n) is 5.80. The summed E-state index contributed by atoms with van der Waals surface area (Å²) in [5, 5.41) is 1.94. The lowest BCUT2D eigenvalue weighted by atomic mass is 10.1. The van der Waals surface area contributed by atoms with Gasteiger partial charge >= 0.3 is 0 Å². The first kappa shape index (κ1) is 17.6. The Morgan fingerprint density at radius 2 is 1.56 bits per heavy atom. The zero-order chi connectivity index (χ0) is 17.5. The Kier molecular flexibility index (Phi) is 5.81. The summed E-state index contributed by atoms with van der Waals surface area (Å²) in [6.45, 7) is 1.40. The Morgan fingerprint density at radius 3 is 2.36 bits per heavy atom. The second kappa shape index (κ2) is 8.25. The predicted molar refractivity (Wildman–Crippen MR) is 99.9 cm³/mol. The maximum absolute atomic E-state index is 12.4. The van der Waals surface area contributed by atoms with Crippen LogP contribution in [0.4, 0.5) is 0 Å². The van der Waals surface area contributed by atoms with Gasteiger partial charge in [0.15, 0.2) is 0 Å². The van der Waals surface area contributed by atoms with Gasteiger partial charge in [0.2, 0.25) is 10.0 Å². The van der Waals surface area contributed by atoms with E-state index in [1.807, 2.05) is 60.7 Å². The SMILES string of the molecule is O=S(=O)(NCCCOCc1ccccc1)c1ccc2ccccc2c1. The number of hydrogen-bond donors (Lipinski definition) is 1. The molecule has 3 rings (SSSR count). The van der Waals surface area contributed by atoms with Crippen LogP contribution in [0.3, 0.4) is 0 Å². The van der Waals surface area contributed by atoms with Crippen LogP contribution >= 0.6 is 0 Å². The van der Waals surface area contributed by atoms with Crippen LogP contribution < -0.4 is 4.72 Å². The summed E-state index contributed by atoms with van der Waals surface area (Å²) in [7, 11) is -3.50. The predicted octanol–water partition coefficient (Wildman–Crippen LogP) is 3.73. The van der Waals surface area contributed by atoms with E-state index in [9.17, 15) is 8.42 Å². The highest BCUT2D eigenvalue weighted by molar-refractivity contribution is 7.89. The van der Waals surface area contributed by atoms with Gasteiger partial charge in [0.05, 0.1) is 11.5 Å². The van der Waals surface area contributed by atoms with E-state index < -0.39 is 10.0 Å². The van der Waals surface area contributed by atoms with Gasteiger partial charge in [0.1, 0.15) is 0 Å². The van der Waals surface area contributed by atoms with Gasteiger partial charge < -0.3 is 4.74 Å². The number of ether oxygens (including phenoxy) is 1. The van der Waals surface area contributed by atoms with Crippen LogP contribution in [0.25, 0.3) is 10.8 Å². The van der Waals surface area contributed by atoms with Crippen molar-refractivity contribution in [2.75, 3.05) is 13.2 Å². The molecular weight excluding hydrogens is 334 g/mol. The highest BCUT2D eigenvalue weighted by Gasteiger charge is 2.13. The zero-order valence-electron chi connectivity index (χ0n) is 13.9. The van der Waals surface area contributed by atoms with Gasteiger partial charge in [-0.15, -0.1) is 0 Å². The molecule has 0 amide bonds. The maximum Gasteiger partial charge on any atom is 0.240 e. The molecule has 5 heteroatoms. The van der Waals surface area contributed by atoms with Crippen LogP contribution in [0, 0.1) is 0 Å². The van der Waals surface area contributed by atoms with E-state index in [-0.39, 0.29) is 4.90 Å². The molecule has 0 aliphatic rings. The van der Waals surface area contributed by atoms with Gasteiger partial charge in [0, 0.05) is 13.2 Å². The van der Waals surface area contributed by atoms with Crippen LogP contribution in [0.5, 0.6) is 0 Å². The minimum absolute atomic E-state index is 0.288. The Morgan fingerprint density at radius 1 is 0.840 bits per heavy atom. The third kappa shape index (κ3) is 4.89. The van der Waals surface area contributed by atoms with E-state index in [0.717, 1.165) is 16.3 Å². The lowest BCUT2D eigenvalue weighted by molar-refractivity contribution is 0.119. The van der Waals surface area contributed by atoms with Crippen LogP contribution in [0.1, 0.15) is 12.0 Å². The Labute approximate surface area is 148 Å². The molecule has 25 heavy (non-hydrogen) atoms. The van der Waals surface area contributed by atoms with Crippen molar-refractivity contribution in [1.29, 1.82) is 0 Å². The number of rotatable bonds is 8. The fraction of sp³-hybridized carbons (Fsp3) is 0.200. The van der Waals surface area contributed by atoms with Gasteiger partial charge in [-0.3, -0.25) is 0 Å². The fourth-order valence-electron chi connectivity index (χ4n) is 2.56. The molecule has 1 N–H and O–H groups in total. The van der Waals surface area contributed by atoms with Crippen molar-refractivity contribution in [1.82, 2.24) is 4.72 Å². The third-order valence-electron chi connectivity index (χ3n) is 3.90. The molecule has 0 aliphatic heterocycles. The number of hydrogen-bond acceptors (Lipinski definition) is 3. The standard InChI is InChI=1S/C20H21NO3S/c22-25(23,20-12-11-18-9-4-5-10-19(18)15-20)21-13-6-14-24-16-17-7-2-1-3-8-17/h1-5,7-12,15,21H,6,13-14,16H2. The molecule has 0 spiro atoms. The summed E-state index contributed by atoms with van der Waals surface area (Å²) in [6.07, 6.45) is 0.625. The summed E-state index contributed by atoms with van der Waals surface area (Å²) in [4.78, 5) is 0.288. The lowest BCUT2D eigenvalue weighted by Gasteiger charge is -2.08. The second-order valence-corrected chi connectivity index (χ2v) is 7.57. The number of nitrogens with one attached hydrogen (secondary N) is 1. The molecule has 4 nitrogen and oxygen atoms in total. The minimum atomic E-state index is -3.50. The molecule has 0 saturated carbocycles. The summed E-state index contributed by atoms with van der Waals surface area (Å²) in [6, 6.07) is 22.8. The monoisotopic (exact) mass is 355 g/mol. The molecule has 0 aromatic heterocycles. The first-order chi connectivity index (χ1) is 12.1. The van der Waals surface area contributed by atoms with Crippen LogP contribution in [0.2, 0.25) is 0 Å². The van der Waals surface area contributed by atoms with Gasteiger partial charge in [-0.05, 0) is 34.9 Å². The molecule has 0 saturated heterocycles. The summed E-state index contributed by atoms with van der Waals surface area (Å²) in [5.41, 5.74) is 1.11. The highest BCUT2D eigenvalue weighted by Crippen LogP contribution is 2.18. The molecule has 0 unspecified atom stereocenters. The van der Waals surface area contributed by atoms with Gasteiger partial charge in [0.25, 0.3) is 0 Å². The van der Waals surface area contributed by atoms with Crippen molar-refractivity contribution in [3.63, 3.8) is 0 Å². The minimum Gasteiger partial charge on any atom is -0.377 e. The van der Waals surface area contributed by atoms with E-state index in [0.29, 0.717) is 26.2 Å². The highest BCUT2D eigenvalue weighted by atomic mass is 32.2. The van der Waals surface area contributed by atoms with E-state index in [4.69, 9.17) is 4.74 Å². The Balaban J connectivity index is 1.48. The average Bonchev–Trinajstić information content (AvgIpc) is 2.65. The molecular formula is C20H21NO3S. The molecule has 3 aromatic rings. The number of fused-ring (bicyclic) bond motifs is 1. The summed E-state index contributed by atoms with van der Waals surface area (Å²) in [5.74, 6) is 0. The molecule has 0 radical (unpaired) electrons. The fourth-order valence-corrected chi connectivity index (χ4v) is 3.67. The van der Waals surface area contributed by atoms with Crippen molar-refractivity contribution in [3.05, 3.63) is 78.4 Å². The summed E-state index contributed by atoms with van der Waals surface area (Å²) < 4.78 is 33.0. The van der Waals surface area contributed by atoms with Crippen molar-refractivity contribution in [3.8, 4) is 0 Å². The Hall–Kier alpha value is -2.21. The molecule has 0 fully saturated rings. The van der Waals surface area contributed by atoms with E-state index in [1.54, 1.807) is 12.1 Å². The summed E-state index contributed by atoms with van der Waals surface area (Å²) >= 11 is 0. The topological polar surface area (TPSA) is 55.4 Å². The van der Waals surface area contributed by atoms with Crippen molar-refractivity contribution in [2.45, 2.75) is 17.9 Å². The molecule has 130 valence electrons. The lowest BCUT2D eigenvalue weighted by Crippen LogP contribution is -2.25. The first-order valence-corrected chi connectivity index (χ1v) is 9.74. The normalized spacial score (nSPS) is 11.7. The van der Waals surface area contributed by atoms with Crippen molar-refractivity contribution in [2.24, 2.45) is 0 Å². The molecule has 0 bridgehead atoms. The van der Waals surface area contributed by atoms with Gasteiger partial charge in [-0.1, -0.05) is 60.7 Å². The maximum atomic E-state index is 12.4. The average molecular weight is 355 g/mol. The van der Waals surface area contributed by atoms with E-state index in [2.05, 4.69) is 4.72 Å². The third-order valence-corrected chi connectivity index (χ3v) is 5.36. The van der Waals surface area contributed by atoms with Gasteiger partial charge in [-0.2, -0.15) is 0 Å². The molecule has 3 aromatic carbocycles. The Bertz CT molecular complexity index is 924. The number of benzene rings is 3. The van der Waals surface area contributed by atoms with E-state index in [1.165, 1.54) is 0 Å². The number of sulfonamides is 1. The van der Waals surface area contributed by atoms with Crippen LogP contribution in [-0.2, 0) is 21.4 Å². The van der Waals surface area contributed by atoms with E-state index >= 15 is 0 Å².